The van der Waals surface area contributed by atoms with Crippen molar-refractivity contribution in [2.45, 2.75) is 17.4 Å². The minimum Gasteiger partial charge on any atom is -0.495 e. The van der Waals surface area contributed by atoms with Crippen molar-refractivity contribution in [2.75, 3.05) is 57.3 Å². The maximum atomic E-state index is 13.0. The van der Waals surface area contributed by atoms with Crippen LogP contribution in [-0.4, -0.2) is 80.3 Å². The SMILES string of the molecule is COc1cc(S(=O)(=O)N2CCOCC2)ccc1Nc1nc(N[C@@H]2CCOC2)c2c(Cl)c[nH]c2n1. The van der Waals surface area contributed by atoms with Crippen molar-refractivity contribution < 1.29 is 22.6 Å². The number of halogens is 1. The molecule has 0 bridgehead atoms. The van der Waals surface area contributed by atoms with E-state index < -0.39 is 10.0 Å². The maximum Gasteiger partial charge on any atom is 0.243 e. The van der Waals surface area contributed by atoms with Crippen molar-refractivity contribution in [3.05, 3.63) is 29.4 Å². The number of sulfonamides is 1. The van der Waals surface area contributed by atoms with Crippen molar-refractivity contribution >= 4 is 50.1 Å². The number of fused-ring (bicyclic) bond motifs is 1. The minimum absolute atomic E-state index is 0.121. The summed E-state index contributed by atoms with van der Waals surface area (Å²) in [7, 11) is -2.18. The molecule has 11 nitrogen and oxygen atoms in total. The van der Waals surface area contributed by atoms with Crippen LogP contribution in [-0.2, 0) is 19.5 Å². The van der Waals surface area contributed by atoms with Gasteiger partial charge >= 0.3 is 0 Å². The Morgan fingerprint density at radius 1 is 1.21 bits per heavy atom. The van der Waals surface area contributed by atoms with Gasteiger partial charge in [0.2, 0.25) is 16.0 Å². The molecule has 5 rings (SSSR count). The summed E-state index contributed by atoms with van der Waals surface area (Å²) in [6, 6.07) is 4.79. The molecule has 2 fully saturated rings. The van der Waals surface area contributed by atoms with Gasteiger partial charge in [-0.25, -0.2) is 8.42 Å². The van der Waals surface area contributed by atoms with E-state index in [1.807, 2.05) is 0 Å². The molecule has 1 aromatic carbocycles. The fourth-order valence-electron chi connectivity index (χ4n) is 3.99. The van der Waals surface area contributed by atoms with Crippen molar-refractivity contribution in [1.82, 2.24) is 19.3 Å². The van der Waals surface area contributed by atoms with E-state index in [-0.39, 0.29) is 10.9 Å². The Morgan fingerprint density at radius 3 is 2.76 bits per heavy atom. The summed E-state index contributed by atoms with van der Waals surface area (Å²) in [6.07, 6.45) is 2.52. The van der Waals surface area contributed by atoms with Crippen LogP contribution in [0, 0.1) is 0 Å². The first-order valence-electron chi connectivity index (χ1n) is 10.9. The van der Waals surface area contributed by atoms with Crippen LogP contribution >= 0.6 is 11.6 Å². The summed E-state index contributed by atoms with van der Waals surface area (Å²) in [6.45, 7) is 2.67. The number of methoxy groups -OCH3 is 1. The van der Waals surface area contributed by atoms with Gasteiger partial charge in [0.15, 0.2) is 0 Å². The van der Waals surface area contributed by atoms with Gasteiger partial charge in [-0.2, -0.15) is 14.3 Å². The monoisotopic (exact) mass is 508 g/mol. The average molecular weight is 509 g/mol. The van der Waals surface area contributed by atoms with Gasteiger partial charge < -0.3 is 29.8 Å². The van der Waals surface area contributed by atoms with Crippen molar-refractivity contribution in [3.63, 3.8) is 0 Å². The van der Waals surface area contributed by atoms with Gasteiger partial charge in [-0.1, -0.05) is 11.6 Å². The van der Waals surface area contributed by atoms with Crippen LogP contribution in [0.2, 0.25) is 5.02 Å². The van der Waals surface area contributed by atoms with Crippen molar-refractivity contribution in [2.24, 2.45) is 0 Å². The number of rotatable bonds is 7. The number of aromatic nitrogens is 3. The number of nitrogens with zero attached hydrogens (tertiary/aromatic N) is 3. The van der Waals surface area contributed by atoms with Gasteiger partial charge in [0.1, 0.15) is 17.2 Å². The zero-order valence-electron chi connectivity index (χ0n) is 18.5. The number of hydrogen-bond donors (Lipinski definition) is 3. The molecule has 0 aliphatic carbocycles. The quantitative estimate of drug-likeness (QED) is 0.440. The predicted molar refractivity (Wildman–Crippen MR) is 128 cm³/mol. The Morgan fingerprint density at radius 2 is 2.03 bits per heavy atom. The highest BCUT2D eigenvalue weighted by molar-refractivity contribution is 7.89. The van der Waals surface area contributed by atoms with Crippen LogP contribution in [0.25, 0.3) is 11.0 Å². The van der Waals surface area contributed by atoms with E-state index in [1.54, 1.807) is 12.3 Å². The second kappa shape index (κ2) is 9.55. The highest BCUT2D eigenvalue weighted by atomic mass is 35.5. The number of benzene rings is 1. The van der Waals surface area contributed by atoms with Gasteiger partial charge in [0.25, 0.3) is 0 Å². The summed E-state index contributed by atoms with van der Waals surface area (Å²) < 4.78 is 43.7. The zero-order chi connectivity index (χ0) is 23.7. The molecule has 0 radical (unpaired) electrons. The smallest absolute Gasteiger partial charge is 0.243 e. The molecule has 1 atom stereocenters. The summed E-state index contributed by atoms with van der Waals surface area (Å²) >= 11 is 6.36. The van der Waals surface area contributed by atoms with E-state index in [9.17, 15) is 8.42 Å². The molecular formula is C21H25ClN6O5S. The molecule has 3 N–H and O–H groups in total. The largest absolute Gasteiger partial charge is 0.495 e. The first-order chi connectivity index (χ1) is 16.5. The number of ether oxygens (including phenoxy) is 3. The van der Waals surface area contributed by atoms with Gasteiger partial charge in [-0.15, -0.1) is 0 Å². The van der Waals surface area contributed by atoms with Crippen LogP contribution in [0.1, 0.15) is 6.42 Å². The molecular weight excluding hydrogens is 484 g/mol. The topological polar surface area (TPSA) is 131 Å². The van der Waals surface area contributed by atoms with Crippen LogP contribution in [0.3, 0.4) is 0 Å². The van der Waals surface area contributed by atoms with Gasteiger partial charge in [0, 0.05) is 32.0 Å². The van der Waals surface area contributed by atoms with Gasteiger partial charge in [-0.05, 0) is 18.6 Å². The molecule has 0 saturated carbocycles. The number of aromatic amines is 1. The lowest BCUT2D eigenvalue weighted by molar-refractivity contribution is 0.0730. The second-order valence-electron chi connectivity index (χ2n) is 7.96. The van der Waals surface area contributed by atoms with Gasteiger partial charge in [-0.3, -0.25) is 0 Å². The predicted octanol–water partition coefficient (Wildman–Crippen LogP) is 2.59. The van der Waals surface area contributed by atoms with Crippen molar-refractivity contribution in [1.29, 1.82) is 0 Å². The molecule has 13 heteroatoms. The Hall–Kier alpha value is -2.64. The normalized spacial score (nSPS) is 19.4. The van der Waals surface area contributed by atoms with E-state index in [2.05, 4.69) is 25.6 Å². The summed E-state index contributed by atoms with van der Waals surface area (Å²) in [4.78, 5) is 12.3. The fourth-order valence-corrected chi connectivity index (χ4v) is 5.65. The Bertz CT molecular complexity index is 1290. The molecule has 4 heterocycles. The number of morpholine rings is 1. The average Bonchev–Trinajstić information content (AvgIpc) is 3.49. The number of anilines is 3. The third-order valence-corrected chi connectivity index (χ3v) is 7.97. The maximum absolute atomic E-state index is 13.0. The fraction of sp³-hybridized carbons (Fsp3) is 0.429. The highest BCUT2D eigenvalue weighted by Crippen LogP contribution is 2.34. The third-order valence-electron chi connectivity index (χ3n) is 5.78. The van der Waals surface area contributed by atoms with Crippen LogP contribution in [0.15, 0.2) is 29.3 Å². The molecule has 2 aromatic heterocycles. The highest BCUT2D eigenvalue weighted by Gasteiger charge is 2.27. The van der Waals surface area contributed by atoms with Gasteiger partial charge in [0.05, 0.1) is 54.0 Å². The van der Waals surface area contributed by atoms with Crippen LogP contribution < -0.4 is 15.4 Å². The van der Waals surface area contributed by atoms with E-state index in [1.165, 1.54) is 23.5 Å². The Kier molecular flexibility index (Phi) is 6.49. The standard InChI is InChI=1S/C21H25ClN6O5S/c1-31-17-10-14(34(29,30)28-5-8-32-9-6-28)2-3-16(17)25-21-26-19-18(15(22)11-23-19)20(27-21)24-13-4-7-33-12-13/h2-3,10-11,13H,4-9,12H2,1H3,(H3,23,24,25,26,27)/t13-/m1/s1. The van der Waals surface area contributed by atoms with Crippen LogP contribution in [0.4, 0.5) is 17.5 Å². The lowest BCUT2D eigenvalue weighted by Crippen LogP contribution is -2.40. The summed E-state index contributed by atoms with van der Waals surface area (Å²) in [5.41, 5.74) is 1.09. The lowest BCUT2D eigenvalue weighted by Gasteiger charge is -2.26. The van der Waals surface area contributed by atoms with E-state index in [0.29, 0.717) is 78.8 Å². The van der Waals surface area contributed by atoms with E-state index >= 15 is 0 Å². The zero-order valence-corrected chi connectivity index (χ0v) is 20.1. The molecule has 3 aromatic rings. The summed E-state index contributed by atoms with van der Waals surface area (Å²) in [5, 5.41) is 7.73. The molecule has 34 heavy (non-hydrogen) atoms. The van der Waals surface area contributed by atoms with Crippen molar-refractivity contribution in [3.8, 4) is 5.75 Å². The first-order valence-corrected chi connectivity index (χ1v) is 12.7. The summed E-state index contributed by atoms with van der Waals surface area (Å²) in [5.74, 6) is 1.23. The minimum atomic E-state index is -3.66. The number of nitrogens with one attached hydrogen (secondary N) is 3. The molecule has 0 unspecified atom stereocenters. The number of hydrogen-bond acceptors (Lipinski definition) is 9. The number of H-pyrrole nitrogens is 1. The molecule has 2 aliphatic heterocycles. The Balaban J connectivity index is 1.45. The third kappa shape index (κ3) is 4.51. The van der Waals surface area contributed by atoms with E-state index in [0.717, 1.165) is 6.42 Å². The van der Waals surface area contributed by atoms with Crippen LogP contribution in [0.5, 0.6) is 5.75 Å². The molecule has 2 saturated heterocycles. The molecule has 0 spiro atoms. The second-order valence-corrected chi connectivity index (χ2v) is 10.3. The van der Waals surface area contributed by atoms with E-state index in [4.69, 9.17) is 25.8 Å². The molecule has 0 amide bonds. The lowest BCUT2D eigenvalue weighted by atomic mass is 10.2. The molecule has 182 valence electrons. The Labute approximate surface area is 201 Å². The molecule has 2 aliphatic rings. The first kappa shape index (κ1) is 23.1.